The number of hydrogen-bond acceptors (Lipinski definition) is 3. The molecule has 0 fully saturated rings. The van der Waals surface area contributed by atoms with Gasteiger partial charge in [0.1, 0.15) is 11.0 Å². The third kappa shape index (κ3) is 1.43. The summed E-state index contributed by atoms with van der Waals surface area (Å²) in [7, 11) is 0. The van der Waals surface area contributed by atoms with Crippen LogP contribution in [0.5, 0.6) is 0 Å². The first-order valence-electron chi connectivity index (χ1n) is 6.87. The van der Waals surface area contributed by atoms with Crippen LogP contribution in [-0.2, 0) is 0 Å². The van der Waals surface area contributed by atoms with Crippen LogP contribution in [0.15, 0.2) is 65.1 Å². The van der Waals surface area contributed by atoms with Crippen LogP contribution in [0.3, 0.4) is 0 Å². The van der Waals surface area contributed by atoms with E-state index in [2.05, 4.69) is 11.1 Å². The van der Waals surface area contributed by atoms with Gasteiger partial charge in [0.05, 0.1) is 11.0 Å². The molecule has 3 aromatic carbocycles. The summed E-state index contributed by atoms with van der Waals surface area (Å²) in [6.07, 6.45) is 0. The van der Waals surface area contributed by atoms with E-state index in [4.69, 9.17) is 9.40 Å². The molecule has 0 aliphatic rings. The van der Waals surface area contributed by atoms with Crippen molar-refractivity contribution in [3.8, 4) is 0 Å². The number of para-hydroxylation sites is 3. The molecule has 5 rings (SSSR count). The van der Waals surface area contributed by atoms with E-state index in [1.807, 2.05) is 54.6 Å². The summed E-state index contributed by atoms with van der Waals surface area (Å²) in [6.45, 7) is 0. The lowest BCUT2D eigenvalue weighted by molar-refractivity contribution is 0.657. The molecule has 98 valence electrons. The average molecular weight is 270 g/mol. The second-order valence-corrected chi connectivity index (χ2v) is 5.12. The second-order valence-electron chi connectivity index (χ2n) is 5.12. The van der Waals surface area contributed by atoms with Crippen LogP contribution in [0.4, 0.5) is 0 Å². The molecule has 0 N–H and O–H groups in total. The van der Waals surface area contributed by atoms with Crippen molar-refractivity contribution in [1.29, 1.82) is 0 Å². The summed E-state index contributed by atoms with van der Waals surface area (Å²) in [5.74, 6) is 0. The maximum atomic E-state index is 5.98. The Morgan fingerprint density at radius 2 is 1.43 bits per heavy atom. The van der Waals surface area contributed by atoms with E-state index < -0.39 is 0 Å². The zero-order valence-electron chi connectivity index (χ0n) is 11.1. The van der Waals surface area contributed by atoms with Crippen LogP contribution >= 0.6 is 0 Å². The highest BCUT2D eigenvalue weighted by Crippen LogP contribution is 2.32. The largest absolute Gasteiger partial charge is 0.453 e. The molecule has 0 aliphatic carbocycles. The van der Waals surface area contributed by atoms with Crippen LogP contribution in [-0.4, -0.2) is 9.97 Å². The normalized spacial score (nSPS) is 11.8. The maximum Gasteiger partial charge on any atom is 0.153 e. The SMILES string of the molecule is c1ccc2oc3ccc4nc5ccccc5c4c3nc2c1. The van der Waals surface area contributed by atoms with E-state index in [-0.39, 0.29) is 0 Å². The molecule has 3 heteroatoms. The second kappa shape index (κ2) is 3.79. The summed E-state index contributed by atoms with van der Waals surface area (Å²) in [6, 6.07) is 19.9. The van der Waals surface area contributed by atoms with Crippen LogP contribution in [0.25, 0.3) is 44.0 Å². The van der Waals surface area contributed by atoms with Gasteiger partial charge in [-0.25, -0.2) is 9.97 Å². The van der Waals surface area contributed by atoms with Crippen molar-refractivity contribution >= 4 is 44.0 Å². The smallest absolute Gasteiger partial charge is 0.153 e. The molecular formula is C18H10N2O. The number of fused-ring (bicyclic) bond motifs is 6. The minimum atomic E-state index is 0.791. The predicted molar refractivity (Wildman–Crippen MR) is 84.3 cm³/mol. The topological polar surface area (TPSA) is 38.9 Å². The molecule has 0 radical (unpaired) electrons. The van der Waals surface area contributed by atoms with Gasteiger partial charge in [-0.05, 0) is 30.3 Å². The summed E-state index contributed by atoms with van der Waals surface area (Å²) in [5, 5.41) is 2.19. The van der Waals surface area contributed by atoms with E-state index >= 15 is 0 Å². The first-order chi connectivity index (χ1) is 10.4. The van der Waals surface area contributed by atoms with Gasteiger partial charge in [0.2, 0.25) is 0 Å². The maximum absolute atomic E-state index is 5.98. The van der Waals surface area contributed by atoms with Gasteiger partial charge in [0.25, 0.3) is 0 Å². The van der Waals surface area contributed by atoms with Crippen molar-refractivity contribution in [1.82, 2.24) is 9.97 Å². The molecular weight excluding hydrogens is 260 g/mol. The van der Waals surface area contributed by atoms with Crippen molar-refractivity contribution < 1.29 is 4.42 Å². The molecule has 0 unspecified atom stereocenters. The van der Waals surface area contributed by atoms with Gasteiger partial charge >= 0.3 is 0 Å². The van der Waals surface area contributed by atoms with Crippen LogP contribution in [0, 0.1) is 0 Å². The van der Waals surface area contributed by atoms with E-state index in [0.717, 1.165) is 44.0 Å². The Morgan fingerprint density at radius 3 is 2.38 bits per heavy atom. The van der Waals surface area contributed by atoms with Gasteiger partial charge < -0.3 is 4.42 Å². The third-order valence-corrected chi connectivity index (χ3v) is 3.85. The fourth-order valence-corrected chi connectivity index (χ4v) is 2.90. The summed E-state index contributed by atoms with van der Waals surface area (Å²) >= 11 is 0. The molecule has 0 bridgehead atoms. The van der Waals surface area contributed by atoms with Gasteiger partial charge in [-0.15, -0.1) is 0 Å². The molecule has 0 amide bonds. The zero-order valence-corrected chi connectivity index (χ0v) is 11.1. The zero-order chi connectivity index (χ0) is 13.8. The van der Waals surface area contributed by atoms with Crippen LogP contribution in [0.1, 0.15) is 0 Å². The third-order valence-electron chi connectivity index (χ3n) is 3.85. The molecule has 0 saturated heterocycles. The number of aromatic nitrogens is 2. The Labute approximate surface area is 119 Å². The molecule has 0 spiro atoms. The quantitative estimate of drug-likeness (QED) is 0.383. The van der Waals surface area contributed by atoms with E-state index in [1.165, 1.54) is 0 Å². The molecule has 2 aromatic heterocycles. The standard InChI is InChI=1S/C18H10N2O/c1-2-6-12-11(5-1)17-14(19-12)9-10-16-18(17)20-13-7-3-4-8-15(13)21-16/h1-10H. The van der Waals surface area contributed by atoms with E-state index in [9.17, 15) is 0 Å². The van der Waals surface area contributed by atoms with Gasteiger partial charge in [0, 0.05) is 10.8 Å². The number of hydrogen-bond donors (Lipinski definition) is 0. The van der Waals surface area contributed by atoms with Gasteiger partial charge in [-0.1, -0.05) is 30.3 Å². The van der Waals surface area contributed by atoms with E-state index in [1.54, 1.807) is 0 Å². The van der Waals surface area contributed by atoms with Crippen LogP contribution < -0.4 is 0 Å². The van der Waals surface area contributed by atoms with Gasteiger partial charge in [-0.2, -0.15) is 0 Å². The minimum absolute atomic E-state index is 0.791. The molecule has 0 aliphatic heterocycles. The van der Waals surface area contributed by atoms with E-state index in [0.29, 0.717) is 0 Å². The molecule has 21 heavy (non-hydrogen) atoms. The lowest BCUT2D eigenvalue weighted by Gasteiger charge is -2.02. The summed E-state index contributed by atoms with van der Waals surface area (Å²) in [4.78, 5) is 9.46. The van der Waals surface area contributed by atoms with Crippen molar-refractivity contribution in [2.24, 2.45) is 0 Å². The van der Waals surface area contributed by atoms with Crippen molar-refractivity contribution in [3.05, 3.63) is 60.7 Å². The lowest BCUT2D eigenvalue weighted by Crippen LogP contribution is -1.83. The van der Waals surface area contributed by atoms with Gasteiger partial charge in [0.15, 0.2) is 11.2 Å². The highest BCUT2D eigenvalue weighted by atomic mass is 16.3. The number of nitrogens with zero attached hydrogens (tertiary/aromatic N) is 2. The summed E-state index contributed by atoms with van der Waals surface area (Å²) < 4.78 is 5.98. The minimum Gasteiger partial charge on any atom is -0.453 e. The predicted octanol–water partition coefficient (Wildman–Crippen LogP) is 4.68. The first-order valence-corrected chi connectivity index (χ1v) is 6.87. The Kier molecular flexibility index (Phi) is 1.95. The first kappa shape index (κ1) is 10.8. The Hall–Kier alpha value is -2.94. The Balaban J connectivity index is 2.09. The summed E-state index contributed by atoms with van der Waals surface area (Å²) in [5.41, 5.74) is 5.28. The monoisotopic (exact) mass is 270 g/mol. The molecule has 0 atom stereocenters. The molecule has 0 saturated carbocycles. The fourth-order valence-electron chi connectivity index (χ4n) is 2.90. The number of rotatable bonds is 0. The van der Waals surface area contributed by atoms with Crippen molar-refractivity contribution in [2.45, 2.75) is 0 Å². The molecule has 5 aromatic rings. The van der Waals surface area contributed by atoms with Crippen molar-refractivity contribution in [3.63, 3.8) is 0 Å². The Morgan fingerprint density at radius 1 is 0.619 bits per heavy atom. The molecule has 3 nitrogen and oxygen atoms in total. The fraction of sp³-hybridized carbons (Fsp3) is 0. The lowest BCUT2D eigenvalue weighted by atomic mass is 10.1. The number of benzene rings is 3. The highest BCUT2D eigenvalue weighted by Gasteiger charge is 2.12. The van der Waals surface area contributed by atoms with Gasteiger partial charge in [-0.3, -0.25) is 0 Å². The average Bonchev–Trinajstić information content (AvgIpc) is 2.92. The molecule has 2 heterocycles. The van der Waals surface area contributed by atoms with Crippen molar-refractivity contribution in [2.75, 3.05) is 0 Å². The van der Waals surface area contributed by atoms with Crippen LogP contribution in [0.2, 0.25) is 0 Å². The highest BCUT2D eigenvalue weighted by molar-refractivity contribution is 6.18. The Bertz CT molecular complexity index is 1140.